The first-order valence-corrected chi connectivity index (χ1v) is 13.5. The second kappa shape index (κ2) is 10.1. The molecule has 0 radical (unpaired) electrons. The Labute approximate surface area is 226 Å². The Morgan fingerprint density at radius 1 is 1.21 bits per heavy atom. The summed E-state index contributed by atoms with van der Waals surface area (Å²) in [5.41, 5.74) is 1.51. The van der Waals surface area contributed by atoms with Gasteiger partial charge in [-0.05, 0) is 46.2 Å². The number of fused-ring (bicyclic) bond motifs is 1. The van der Waals surface area contributed by atoms with E-state index in [9.17, 15) is 14.7 Å². The number of pyridine rings is 1. The fraction of sp³-hybridized carbons (Fsp3) is 0.500. The zero-order valence-corrected chi connectivity index (χ0v) is 23.9. The first-order valence-electron chi connectivity index (χ1n) is 12.6. The van der Waals surface area contributed by atoms with E-state index in [2.05, 4.69) is 0 Å². The van der Waals surface area contributed by atoms with Crippen molar-refractivity contribution in [1.29, 1.82) is 0 Å². The van der Waals surface area contributed by atoms with Gasteiger partial charge in [-0.2, -0.15) is 0 Å². The summed E-state index contributed by atoms with van der Waals surface area (Å²) in [6.07, 6.45) is -0.493. The molecule has 204 valence electrons. The van der Waals surface area contributed by atoms with Crippen LogP contribution < -0.4 is 9.47 Å². The van der Waals surface area contributed by atoms with Gasteiger partial charge in [0.1, 0.15) is 39.9 Å². The van der Waals surface area contributed by atoms with Crippen molar-refractivity contribution in [2.75, 3.05) is 13.7 Å². The molecule has 10 heteroatoms. The number of thiazole rings is 1. The van der Waals surface area contributed by atoms with Crippen LogP contribution in [0.15, 0.2) is 23.6 Å². The monoisotopic (exact) mass is 541 g/mol. The summed E-state index contributed by atoms with van der Waals surface area (Å²) in [7, 11) is 1.61. The van der Waals surface area contributed by atoms with Crippen LogP contribution in [0.2, 0.25) is 0 Å². The topological polar surface area (TPSA) is 111 Å². The molecule has 1 aliphatic rings. The van der Waals surface area contributed by atoms with E-state index >= 15 is 0 Å². The van der Waals surface area contributed by atoms with Crippen LogP contribution in [0.1, 0.15) is 52.8 Å². The van der Waals surface area contributed by atoms with Crippen LogP contribution in [0.25, 0.3) is 21.6 Å². The molecule has 3 heterocycles. The molecule has 2 unspecified atom stereocenters. The van der Waals surface area contributed by atoms with E-state index in [1.54, 1.807) is 41.7 Å². The standard InChI is InChI=1S/C28H35N3O6S/c1-9-16-14-38-24(29-16)18-12-20(17-10-11-19(35-8)15(2)22(17)30-18)36-21-13-31(26(34)37-27(3,4)5)23(25(32)33)28(21,6)7/h10-12,14,21,23H,9,13H2,1-8H3,(H,32,33). The number of aliphatic carboxylic acids is 1. The van der Waals surface area contributed by atoms with Crippen LogP contribution in [0.4, 0.5) is 4.79 Å². The molecule has 38 heavy (non-hydrogen) atoms. The smallest absolute Gasteiger partial charge is 0.411 e. The van der Waals surface area contributed by atoms with Crippen LogP contribution >= 0.6 is 11.3 Å². The summed E-state index contributed by atoms with van der Waals surface area (Å²) >= 11 is 1.51. The van der Waals surface area contributed by atoms with Gasteiger partial charge in [-0.25, -0.2) is 19.6 Å². The number of aryl methyl sites for hydroxylation is 2. The molecule has 2 aromatic heterocycles. The maximum Gasteiger partial charge on any atom is 0.411 e. The highest BCUT2D eigenvalue weighted by atomic mass is 32.1. The van der Waals surface area contributed by atoms with Crippen molar-refractivity contribution in [2.24, 2.45) is 5.41 Å². The number of methoxy groups -OCH3 is 1. The molecule has 3 aromatic rings. The number of ether oxygens (including phenoxy) is 3. The molecule has 1 N–H and O–H groups in total. The Morgan fingerprint density at radius 3 is 2.50 bits per heavy atom. The predicted molar refractivity (Wildman–Crippen MR) is 146 cm³/mol. The Morgan fingerprint density at radius 2 is 1.92 bits per heavy atom. The largest absolute Gasteiger partial charge is 0.496 e. The van der Waals surface area contributed by atoms with E-state index in [0.29, 0.717) is 22.7 Å². The highest BCUT2D eigenvalue weighted by molar-refractivity contribution is 7.13. The molecule has 0 bridgehead atoms. The second-order valence-electron chi connectivity index (χ2n) is 11.1. The van der Waals surface area contributed by atoms with Gasteiger partial charge in [-0.3, -0.25) is 4.90 Å². The van der Waals surface area contributed by atoms with Crippen molar-refractivity contribution in [3.8, 4) is 22.2 Å². The molecule has 0 spiro atoms. The van der Waals surface area contributed by atoms with Crippen LogP contribution in [-0.2, 0) is 16.0 Å². The summed E-state index contributed by atoms with van der Waals surface area (Å²) in [5.74, 6) is 0.129. The molecular formula is C28H35N3O6S. The number of carbonyl (C=O) groups is 2. The van der Waals surface area contributed by atoms with E-state index in [0.717, 1.165) is 28.1 Å². The molecule has 4 rings (SSSR count). The first-order chi connectivity index (χ1) is 17.8. The van der Waals surface area contributed by atoms with E-state index in [1.165, 1.54) is 16.2 Å². The Hall–Kier alpha value is -3.40. The van der Waals surface area contributed by atoms with E-state index in [-0.39, 0.29) is 6.54 Å². The van der Waals surface area contributed by atoms with Gasteiger partial charge >= 0.3 is 12.1 Å². The third kappa shape index (κ3) is 5.14. The summed E-state index contributed by atoms with van der Waals surface area (Å²) < 4.78 is 17.7. The lowest BCUT2D eigenvalue weighted by Crippen LogP contribution is -2.48. The minimum absolute atomic E-state index is 0.0599. The van der Waals surface area contributed by atoms with E-state index in [4.69, 9.17) is 24.2 Å². The maximum absolute atomic E-state index is 13.0. The van der Waals surface area contributed by atoms with Crippen LogP contribution in [0, 0.1) is 12.3 Å². The number of carbonyl (C=O) groups excluding carboxylic acids is 1. The summed E-state index contributed by atoms with van der Waals surface area (Å²) in [6, 6.07) is 4.46. The van der Waals surface area contributed by atoms with Gasteiger partial charge in [0.25, 0.3) is 0 Å². The minimum Gasteiger partial charge on any atom is -0.496 e. The van der Waals surface area contributed by atoms with Gasteiger partial charge in [-0.1, -0.05) is 20.8 Å². The van der Waals surface area contributed by atoms with Gasteiger partial charge in [0.05, 0.1) is 24.9 Å². The van der Waals surface area contributed by atoms with Crippen molar-refractivity contribution in [2.45, 2.75) is 72.6 Å². The molecule has 1 aliphatic heterocycles. The average molecular weight is 542 g/mol. The van der Waals surface area contributed by atoms with E-state index < -0.39 is 35.2 Å². The van der Waals surface area contributed by atoms with Crippen molar-refractivity contribution < 1.29 is 28.9 Å². The summed E-state index contributed by atoms with van der Waals surface area (Å²) in [4.78, 5) is 36.2. The molecule has 0 saturated carbocycles. The molecule has 2 atom stereocenters. The van der Waals surface area contributed by atoms with Gasteiger partial charge in [-0.15, -0.1) is 11.3 Å². The van der Waals surface area contributed by atoms with Crippen molar-refractivity contribution >= 4 is 34.3 Å². The lowest BCUT2D eigenvalue weighted by Gasteiger charge is -2.32. The minimum atomic E-state index is -1.12. The number of likely N-dealkylation sites (tertiary alicyclic amines) is 1. The fourth-order valence-electron chi connectivity index (χ4n) is 4.79. The predicted octanol–water partition coefficient (Wildman–Crippen LogP) is 5.72. The number of rotatable bonds is 6. The maximum atomic E-state index is 13.0. The number of carboxylic acids is 1. The number of carboxylic acid groups (broad SMARTS) is 1. The normalized spacial score (nSPS) is 19.0. The first kappa shape index (κ1) is 27.6. The molecule has 1 aromatic carbocycles. The Balaban J connectivity index is 1.80. The number of hydrogen-bond acceptors (Lipinski definition) is 8. The van der Waals surface area contributed by atoms with Gasteiger partial charge < -0.3 is 19.3 Å². The van der Waals surface area contributed by atoms with Crippen molar-refractivity contribution in [3.63, 3.8) is 0 Å². The molecule has 1 amide bonds. The van der Waals surface area contributed by atoms with Gasteiger partial charge in [0.15, 0.2) is 0 Å². The summed E-state index contributed by atoms with van der Waals surface area (Å²) in [6.45, 7) is 12.9. The zero-order valence-electron chi connectivity index (χ0n) is 23.1. The molecule has 9 nitrogen and oxygen atoms in total. The Kier molecular flexibility index (Phi) is 7.31. The number of amides is 1. The number of benzene rings is 1. The lowest BCUT2D eigenvalue weighted by molar-refractivity contribution is -0.145. The Bertz CT molecular complexity index is 1380. The third-order valence-corrected chi connectivity index (χ3v) is 7.75. The second-order valence-corrected chi connectivity index (χ2v) is 12.0. The zero-order chi connectivity index (χ0) is 28.0. The number of aromatic nitrogens is 2. The van der Waals surface area contributed by atoms with Gasteiger partial charge in [0.2, 0.25) is 0 Å². The van der Waals surface area contributed by atoms with Gasteiger partial charge in [0, 0.05) is 27.8 Å². The quantitative estimate of drug-likeness (QED) is 0.422. The third-order valence-electron chi connectivity index (χ3n) is 6.84. The lowest BCUT2D eigenvalue weighted by atomic mass is 9.82. The van der Waals surface area contributed by atoms with Crippen molar-refractivity contribution in [3.05, 3.63) is 34.8 Å². The molecule has 0 aliphatic carbocycles. The molecular weight excluding hydrogens is 506 g/mol. The highest BCUT2D eigenvalue weighted by Gasteiger charge is 2.56. The average Bonchev–Trinajstić information content (AvgIpc) is 3.41. The van der Waals surface area contributed by atoms with Crippen LogP contribution in [0.3, 0.4) is 0 Å². The van der Waals surface area contributed by atoms with E-state index in [1.807, 2.05) is 37.4 Å². The molecule has 1 saturated heterocycles. The van der Waals surface area contributed by atoms with Crippen molar-refractivity contribution in [1.82, 2.24) is 14.9 Å². The summed E-state index contributed by atoms with van der Waals surface area (Å²) in [5, 5.41) is 13.6. The SMILES string of the molecule is CCc1csc(-c2cc(OC3CN(C(=O)OC(C)(C)C)C(C(=O)O)C3(C)C)c3ccc(OC)c(C)c3n2)n1. The number of nitrogens with zero attached hydrogens (tertiary/aromatic N) is 3. The fourth-order valence-corrected chi connectivity index (χ4v) is 5.65. The van der Waals surface area contributed by atoms with Crippen LogP contribution in [0.5, 0.6) is 11.5 Å². The molecule has 1 fully saturated rings. The highest BCUT2D eigenvalue weighted by Crippen LogP contribution is 2.42. The van der Waals surface area contributed by atoms with Crippen LogP contribution in [-0.4, -0.2) is 63.4 Å². The number of hydrogen-bond donors (Lipinski definition) is 1.